The van der Waals surface area contributed by atoms with Crippen LogP contribution in [-0.2, 0) is 13.6 Å². The number of aromatic nitrogens is 7. The van der Waals surface area contributed by atoms with Crippen molar-refractivity contribution in [2.75, 3.05) is 29.0 Å². The van der Waals surface area contributed by atoms with E-state index in [2.05, 4.69) is 59.8 Å². The van der Waals surface area contributed by atoms with E-state index in [1.165, 1.54) is 5.57 Å². The van der Waals surface area contributed by atoms with Crippen molar-refractivity contribution in [3.05, 3.63) is 88.9 Å². The second-order valence-corrected chi connectivity index (χ2v) is 11.3. The summed E-state index contributed by atoms with van der Waals surface area (Å²) in [6, 6.07) is 14.1. The Kier molecular flexibility index (Phi) is 7.72. The van der Waals surface area contributed by atoms with Gasteiger partial charge in [0.2, 0.25) is 5.95 Å². The Morgan fingerprint density at radius 1 is 1.02 bits per heavy atom. The van der Waals surface area contributed by atoms with E-state index >= 15 is 0 Å². The molecule has 5 heterocycles. The summed E-state index contributed by atoms with van der Waals surface area (Å²) in [5.74, 6) is 0.399. The van der Waals surface area contributed by atoms with Gasteiger partial charge in [0.05, 0.1) is 24.1 Å². The number of anilines is 5. The predicted molar refractivity (Wildman–Crippen MR) is 172 cm³/mol. The van der Waals surface area contributed by atoms with Gasteiger partial charge in [-0.3, -0.25) is 14.3 Å². The molecule has 1 saturated heterocycles. The number of pyridine rings is 2. The minimum Gasteiger partial charge on any atom is -0.382 e. The maximum atomic E-state index is 14.0. The minimum atomic E-state index is -0.226. The molecular formula is C32H35N11O. The quantitative estimate of drug-likeness (QED) is 0.193. The average molecular weight is 590 g/mol. The zero-order valence-corrected chi connectivity index (χ0v) is 24.6. The molecule has 12 nitrogen and oxygen atoms in total. The minimum absolute atomic E-state index is 0.214. The molecule has 5 aromatic rings. The molecule has 0 spiro atoms. The molecule has 0 amide bonds. The number of nitrogens with zero attached hydrogens (tertiary/aromatic N) is 7. The fourth-order valence-corrected chi connectivity index (χ4v) is 5.96. The highest BCUT2D eigenvalue weighted by atomic mass is 16.1. The molecule has 1 aliphatic carbocycles. The van der Waals surface area contributed by atoms with Crippen molar-refractivity contribution in [3.8, 4) is 0 Å². The first-order chi connectivity index (χ1) is 21.6. The van der Waals surface area contributed by atoms with Crippen LogP contribution in [0.25, 0.3) is 16.6 Å². The maximum absolute atomic E-state index is 14.0. The van der Waals surface area contributed by atoms with E-state index in [0.29, 0.717) is 34.4 Å². The molecule has 1 aliphatic heterocycles. The molecule has 0 atom stereocenters. The molecule has 0 unspecified atom stereocenters. The number of aryl methyl sites for hydroxylation is 1. The molecule has 2 aliphatic rings. The van der Waals surface area contributed by atoms with E-state index < -0.39 is 0 Å². The lowest BCUT2D eigenvalue weighted by Crippen LogP contribution is -2.35. The van der Waals surface area contributed by atoms with Crippen LogP contribution in [0.2, 0.25) is 0 Å². The van der Waals surface area contributed by atoms with Crippen molar-refractivity contribution >= 4 is 45.3 Å². The van der Waals surface area contributed by atoms with Crippen LogP contribution >= 0.6 is 0 Å². The van der Waals surface area contributed by atoms with Gasteiger partial charge < -0.3 is 21.3 Å². The standard InChI is InChI=1S/C32H35N11O/c1-42-29(21-5-2-3-6-21)28(40-41-42)20-43-30-22(17-27(31(43)44)37-26-7-4-14-34-19-26)18-35-32(39-30)38-24-10-8-23(9-11-24)36-25-12-15-33-16-13-25/h4-5,7-11,14,17-19,25,33,36-37H,2-3,6,12-13,15-16,20H2,1H3,(H,35,38,39). The summed E-state index contributed by atoms with van der Waals surface area (Å²) >= 11 is 0. The Hall–Kier alpha value is -5.10. The van der Waals surface area contributed by atoms with Gasteiger partial charge >= 0.3 is 0 Å². The van der Waals surface area contributed by atoms with Crippen LogP contribution in [0.4, 0.5) is 28.7 Å². The van der Waals surface area contributed by atoms with Crippen LogP contribution in [-0.4, -0.2) is 53.6 Å². The number of allylic oxidation sites excluding steroid dienone is 2. The molecule has 1 aromatic carbocycles. The Morgan fingerprint density at radius 2 is 1.86 bits per heavy atom. The van der Waals surface area contributed by atoms with E-state index in [9.17, 15) is 4.79 Å². The van der Waals surface area contributed by atoms with Crippen LogP contribution in [0.3, 0.4) is 0 Å². The zero-order valence-electron chi connectivity index (χ0n) is 24.6. The number of rotatable bonds is 9. The number of hydrogen-bond donors (Lipinski definition) is 4. The van der Waals surface area contributed by atoms with E-state index in [1.54, 1.807) is 33.9 Å². The molecule has 7 rings (SSSR count). The van der Waals surface area contributed by atoms with Gasteiger partial charge in [-0.05, 0) is 93.2 Å². The van der Waals surface area contributed by atoms with E-state index in [1.807, 2.05) is 31.3 Å². The first-order valence-electron chi connectivity index (χ1n) is 15.1. The van der Waals surface area contributed by atoms with Gasteiger partial charge in [-0.15, -0.1) is 5.10 Å². The molecule has 4 N–H and O–H groups in total. The normalized spacial score (nSPS) is 15.3. The molecule has 0 saturated carbocycles. The summed E-state index contributed by atoms with van der Waals surface area (Å²) in [5.41, 5.74) is 6.23. The van der Waals surface area contributed by atoms with Crippen molar-refractivity contribution in [2.45, 2.75) is 44.7 Å². The van der Waals surface area contributed by atoms with Crippen molar-refractivity contribution in [3.63, 3.8) is 0 Å². The molecular weight excluding hydrogens is 554 g/mol. The van der Waals surface area contributed by atoms with Crippen LogP contribution in [0.5, 0.6) is 0 Å². The highest BCUT2D eigenvalue weighted by molar-refractivity contribution is 5.81. The molecule has 12 heteroatoms. The Morgan fingerprint density at radius 3 is 2.64 bits per heavy atom. The van der Waals surface area contributed by atoms with Gasteiger partial charge in [0.25, 0.3) is 5.56 Å². The summed E-state index contributed by atoms with van der Waals surface area (Å²) in [6.45, 7) is 2.30. The third-order valence-corrected chi connectivity index (χ3v) is 8.17. The van der Waals surface area contributed by atoms with Gasteiger partial charge in [-0.2, -0.15) is 4.98 Å². The first-order valence-corrected chi connectivity index (χ1v) is 15.1. The zero-order chi connectivity index (χ0) is 29.9. The van der Waals surface area contributed by atoms with Crippen molar-refractivity contribution in [1.82, 2.24) is 39.8 Å². The lowest BCUT2D eigenvalue weighted by Gasteiger charge is -2.24. The van der Waals surface area contributed by atoms with Crippen LogP contribution in [0, 0.1) is 0 Å². The number of nitrogens with one attached hydrogen (secondary N) is 4. The second-order valence-electron chi connectivity index (χ2n) is 11.3. The molecule has 0 radical (unpaired) electrons. The lowest BCUT2D eigenvalue weighted by molar-refractivity contribution is 0.479. The topological polar surface area (TPSA) is 140 Å². The monoisotopic (exact) mass is 589 g/mol. The van der Waals surface area contributed by atoms with Crippen molar-refractivity contribution in [1.29, 1.82) is 0 Å². The number of piperidine rings is 1. The van der Waals surface area contributed by atoms with Crippen LogP contribution in [0.1, 0.15) is 43.5 Å². The van der Waals surface area contributed by atoms with Crippen LogP contribution in [0.15, 0.2) is 71.9 Å². The van der Waals surface area contributed by atoms with Crippen molar-refractivity contribution < 1.29 is 0 Å². The summed E-state index contributed by atoms with van der Waals surface area (Å²) in [4.78, 5) is 27.6. The van der Waals surface area contributed by atoms with E-state index in [0.717, 1.165) is 68.0 Å². The number of benzene rings is 1. The fraction of sp³-hybridized carbons (Fsp3) is 0.312. The highest BCUT2D eigenvalue weighted by Crippen LogP contribution is 2.30. The summed E-state index contributed by atoms with van der Waals surface area (Å²) in [7, 11) is 1.89. The van der Waals surface area contributed by atoms with Gasteiger partial charge in [0, 0.05) is 42.2 Å². The summed E-state index contributed by atoms with van der Waals surface area (Å²) in [5, 5.41) is 23.0. The van der Waals surface area contributed by atoms with Gasteiger partial charge in [0.1, 0.15) is 17.0 Å². The average Bonchev–Trinajstić information content (AvgIpc) is 3.71. The summed E-state index contributed by atoms with van der Waals surface area (Å²) < 4.78 is 3.44. The first kappa shape index (κ1) is 27.7. The third kappa shape index (κ3) is 5.88. The Bertz CT molecular complexity index is 1860. The molecule has 4 aromatic heterocycles. The van der Waals surface area contributed by atoms with Crippen LogP contribution < -0.4 is 26.8 Å². The Labute approximate surface area is 254 Å². The van der Waals surface area contributed by atoms with Gasteiger partial charge in [-0.25, -0.2) is 9.67 Å². The SMILES string of the molecule is Cn1nnc(Cn2c(=O)c(Nc3cccnc3)cc3cnc(Nc4ccc(NC5CCNCC5)cc4)nc32)c1C1=CCCC1. The summed E-state index contributed by atoms with van der Waals surface area (Å²) in [6.07, 6.45) is 12.7. The molecule has 224 valence electrons. The van der Waals surface area contributed by atoms with E-state index in [4.69, 9.17) is 4.98 Å². The second kappa shape index (κ2) is 12.3. The number of fused-ring (bicyclic) bond motifs is 1. The largest absolute Gasteiger partial charge is 0.382 e. The predicted octanol–water partition coefficient (Wildman–Crippen LogP) is 4.58. The Balaban J connectivity index is 1.22. The number of hydrogen-bond acceptors (Lipinski definition) is 10. The maximum Gasteiger partial charge on any atom is 0.276 e. The molecule has 44 heavy (non-hydrogen) atoms. The van der Waals surface area contributed by atoms with Gasteiger partial charge in [0.15, 0.2) is 0 Å². The van der Waals surface area contributed by atoms with Crippen molar-refractivity contribution in [2.24, 2.45) is 7.05 Å². The highest BCUT2D eigenvalue weighted by Gasteiger charge is 2.21. The van der Waals surface area contributed by atoms with Gasteiger partial charge in [-0.1, -0.05) is 11.3 Å². The van der Waals surface area contributed by atoms with E-state index in [-0.39, 0.29) is 12.1 Å². The lowest BCUT2D eigenvalue weighted by atomic mass is 10.1. The molecule has 0 bridgehead atoms. The molecule has 1 fully saturated rings. The fourth-order valence-electron chi connectivity index (χ4n) is 5.96. The smallest absolute Gasteiger partial charge is 0.276 e. The third-order valence-electron chi connectivity index (χ3n) is 8.17.